The highest BCUT2D eigenvalue weighted by molar-refractivity contribution is 6.02. The second kappa shape index (κ2) is 7.15. The molecule has 1 N–H and O–H groups in total. The van der Waals surface area contributed by atoms with Gasteiger partial charge in [-0.2, -0.15) is 13.2 Å². The minimum absolute atomic E-state index is 0.343. The van der Waals surface area contributed by atoms with Crippen molar-refractivity contribution in [3.63, 3.8) is 0 Å². The topological polar surface area (TPSA) is 62.3 Å². The molecule has 0 bridgehead atoms. The van der Waals surface area contributed by atoms with Crippen LogP contribution in [0.3, 0.4) is 0 Å². The summed E-state index contributed by atoms with van der Waals surface area (Å²) in [5.41, 5.74) is 1.17. The minimum Gasteiger partial charge on any atom is -0.365 e. The molecule has 1 aliphatic rings. The number of ketones is 1. The van der Waals surface area contributed by atoms with Crippen molar-refractivity contribution in [1.29, 1.82) is 0 Å². The number of carbonyl (C=O) groups is 2. The molecule has 3 rings (SSSR count). The van der Waals surface area contributed by atoms with Crippen molar-refractivity contribution in [1.82, 2.24) is 9.88 Å². The zero-order chi connectivity index (χ0) is 18.7. The van der Waals surface area contributed by atoms with E-state index < -0.39 is 18.0 Å². The second-order valence-corrected chi connectivity index (χ2v) is 5.94. The van der Waals surface area contributed by atoms with Crippen LogP contribution in [0.2, 0.25) is 0 Å². The Labute approximate surface area is 147 Å². The molecule has 136 valence electrons. The lowest BCUT2D eigenvalue weighted by Crippen LogP contribution is -2.37. The number of nitrogens with one attached hydrogen (secondary N) is 1. The molecule has 1 aromatic heterocycles. The Balaban J connectivity index is 1.74. The monoisotopic (exact) mass is 363 g/mol. The molecule has 0 radical (unpaired) electrons. The standard InChI is InChI=1S/C18H16F3N3O2/c19-18(20,21)15(25)8-11-24-10-3-7-14(24)17(26)23-13-6-1-4-12-5-2-9-22-16(12)13/h1-2,4-6,8-9,11,14H,3,7,10H2,(H,23,26)/b11-8+/t14-/m1/s1. The molecule has 8 heteroatoms. The summed E-state index contributed by atoms with van der Waals surface area (Å²) < 4.78 is 36.9. The first-order valence-electron chi connectivity index (χ1n) is 8.06. The predicted molar refractivity (Wildman–Crippen MR) is 90.3 cm³/mol. The number of halogens is 3. The Morgan fingerprint density at radius 2 is 2.00 bits per heavy atom. The van der Waals surface area contributed by atoms with Crippen LogP contribution in [0, 0.1) is 0 Å². The molecule has 0 saturated carbocycles. The van der Waals surface area contributed by atoms with E-state index in [-0.39, 0.29) is 5.91 Å². The van der Waals surface area contributed by atoms with Crippen molar-refractivity contribution in [2.75, 3.05) is 11.9 Å². The lowest BCUT2D eigenvalue weighted by Gasteiger charge is -2.22. The zero-order valence-electron chi connectivity index (χ0n) is 13.7. The number of allylic oxidation sites excluding steroid dienone is 1. The van der Waals surface area contributed by atoms with Crippen molar-refractivity contribution in [2.24, 2.45) is 0 Å². The summed E-state index contributed by atoms with van der Waals surface area (Å²) in [7, 11) is 0. The number of fused-ring (bicyclic) bond motifs is 1. The van der Waals surface area contributed by atoms with E-state index in [1.165, 1.54) is 4.90 Å². The third-order valence-electron chi connectivity index (χ3n) is 4.18. The zero-order valence-corrected chi connectivity index (χ0v) is 13.7. The number of amides is 1. The highest BCUT2D eigenvalue weighted by atomic mass is 19.4. The molecule has 1 aromatic carbocycles. The third-order valence-corrected chi connectivity index (χ3v) is 4.18. The number of hydrogen-bond acceptors (Lipinski definition) is 4. The summed E-state index contributed by atoms with van der Waals surface area (Å²) >= 11 is 0. The van der Waals surface area contributed by atoms with E-state index in [9.17, 15) is 22.8 Å². The molecule has 0 spiro atoms. The molecule has 2 heterocycles. The maximum absolute atomic E-state index is 12.6. The number of para-hydroxylation sites is 1. The summed E-state index contributed by atoms with van der Waals surface area (Å²) in [5.74, 6) is -2.29. The summed E-state index contributed by atoms with van der Waals surface area (Å²) in [5, 5.41) is 3.66. The van der Waals surface area contributed by atoms with Crippen LogP contribution in [0.15, 0.2) is 48.8 Å². The van der Waals surface area contributed by atoms with Gasteiger partial charge in [0, 0.05) is 30.4 Å². The van der Waals surface area contributed by atoms with Crippen LogP contribution in [0.25, 0.3) is 10.9 Å². The first-order valence-corrected chi connectivity index (χ1v) is 8.06. The Morgan fingerprint density at radius 1 is 1.23 bits per heavy atom. The Morgan fingerprint density at radius 3 is 2.77 bits per heavy atom. The highest BCUT2D eigenvalue weighted by Crippen LogP contribution is 2.24. The van der Waals surface area contributed by atoms with E-state index in [4.69, 9.17) is 0 Å². The molecule has 2 aromatic rings. The van der Waals surface area contributed by atoms with Gasteiger partial charge in [0.25, 0.3) is 5.78 Å². The quantitative estimate of drug-likeness (QED) is 0.847. The van der Waals surface area contributed by atoms with E-state index in [2.05, 4.69) is 10.3 Å². The minimum atomic E-state index is -4.91. The molecular weight excluding hydrogens is 347 g/mol. The van der Waals surface area contributed by atoms with E-state index in [0.29, 0.717) is 36.7 Å². The van der Waals surface area contributed by atoms with Crippen LogP contribution in [0.1, 0.15) is 12.8 Å². The average Bonchev–Trinajstić information content (AvgIpc) is 3.08. The van der Waals surface area contributed by atoms with Crippen LogP contribution in [0.4, 0.5) is 18.9 Å². The van der Waals surface area contributed by atoms with Gasteiger partial charge in [-0.15, -0.1) is 0 Å². The maximum atomic E-state index is 12.6. The van der Waals surface area contributed by atoms with Crippen LogP contribution in [-0.2, 0) is 9.59 Å². The van der Waals surface area contributed by atoms with Crippen molar-refractivity contribution in [3.8, 4) is 0 Å². The summed E-state index contributed by atoms with van der Waals surface area (Å²) in [6.45, 7) is 0.410. The Kier molecular flexibility index (Phi) is 4.92. The van der Waals surface area contributed by atoms with Gasteiger partial charge >= 0.3 is 6.18 Å². The van der Waals surface area contributed by atoms with Crippen molar-refractivity contribution in [3.05, 3.63) is 48.8 Å². The number of hydrogen-bond donors (Lipinski definition) is 1. The molecule has 26 heavy (non-hydrogen) atoms. The molecule has 5 nitrogen and oxygen atoms in total. The van der Waals surface area contributed by atoms with Crippen LogP contribution in [0.5, 0.6) is 0 Å². The lowest BCUT2D eigenvalue weighted by molar-refractivity contribution is -0.165. The highest BCUT2D eigenvalue weighted by Gasteiger charge is 2.37. The number of rotatable bonds is 4. The number of alkyl halides is 3. The lowest BCUT2D eigenvalue weighted by atomic mass is 10.1. The average molecular weight is 363 g/mol. The number of likely N-dealkylation sites (tertiary alicyclic amines) is 1. The number of benzene rings is 1. The van der Waals surface area contributed by atoms with Gasteiger partial charge in [0.2, 0.25) is 5.91 Å². The molecule has 1 atom stereocenters. The summed E-state index contributed by atoms with van der Waals surface area (Å²) in [6, 6.07) is 8.39. The van der Waals surface area contributed by atoms with Crippen LogP contribution >= 0.6 is 0 Å². The fourth-order valence-corrected chi connectivity index (χ4v) is 2.93. The van der Waals surface area contributed by atoms with Gasteiger partial charge in [-0.1, -0.05) is 18.2 Å². The normalized spacial score (nSPS) is 17.8. The van der Waals surface area contributed by atoms with Gasteiger partial charge < -0.3 is 10.2 Å². The fraction of sp³-hybridized carbons (Fsp3) is 0.278. The molecule has 1 amide bonds. The number of nitrogens with zero attached hydrogens (tertiary/aromatic N) is 2. The number of pyridine rings is 1. The first-order chi connectivity index (χ1) is 12.4. The van der Waals surface area contributed by atoms with Gasteiger partial charge in [-0.05, 0) is 25.0 Å². The Bertz CT molecular complexity index is 859. The number of anilines is 1. The summed E-state index contributed by atoms with van der Waals surface area (Å²) in [6.07, 6.45) is -0.640. The van der Waals surface area contributed by atoms with E-state index in [1.54, 1.807) is 24.4 Å². The van der Waals surface area contributed by atoms with Gasteiger partial charge in [-0.25, -0.2) is 0 Å². The number of aromatic nitrogens is 1. The van der Waals surface area contributed by atoms with Gasteiger partial charge in [-0.3, -0.25) is 14.6 Å². The van der Waals surface area contributed by atoms with Gasteiger partial charge in [0.1, 0.15) is 6.04 Å². The number of carbonyl (C=O) groups excluding carboxylic acids is 2. The molecule has 1 saturated heterocycles. The van der Waals surface area contributed by atoms with Gasteiger partial charge in [0.05, 0.1) is 11.2 Å². The third kappa shape index (κ3) is 3.84. The molecule has 1 fully saturated rings. The van der Waals surface area contributed by atoms with Crippen molar-refractivity contribution in [2.45, 2.75) is 25.1 Å². The Hall–Kier alpha value is -2.90. The van der Waals surface area contributed by atoms with E-state index >= 15 is 0 Å². The fourth-order valence-electron chi connectivity index (χ4n) is 2.93. The van der Waals surface area contributed by atoms with Crippen LogP contribution < -0.4 is 5.32 Å². The molecule has 1 aliphatic heterocycles. The van der Waals surface area contributed by atoms with Crippen LogP contribution in [-0.4, -0.2) is 40.3 Å². The SMILES string of the molecule is O=C(Nc1cccc2cccnc12)[C@H]1CCCN1/C=C/C(=O)C(F)(F)F. The predicted octanol–water partition coefficient (Wildman–Crippen LogP) is 3.28. The largest absolute Gasteiger partial charge is 0.454 e. The molecule has 0 unspecified atom stereocenters. The molecule has 0 aliphatic carbocycles. The second-order valence-electron chi connectivity index (χ2n) is 5.94. The molecular formula is C18H16F3N3O2. The summed E-state index contributed by atoms with van der Waals surface area (Å²) in [4.78, 5) is 29.3. The van der Waals surface area contributed by atoms with Crippen molar-refractivity contribution >= 4 is 28.3 Å². The van der Waals surface area contributed by atoms with E-state index in [0.717, 1.165) is 11.6 Å². The maximum Gasteiger partial charge on any atom is 0.454 e. The van der Waals surface area contributed by atoms with E-state index in [1.807, 2.05) is 12.1 Å². The first kappa shape index (κ1) is 17.9. The van der Waals surface area contributed by atoms with Crippen molar-refractivity contribution < 1.29 is 22.8 Å². The smallest absolute Gasteiger partial charge is 0.365 e. The van der Waals surface area contributed by atoms with Gasteiger partial charge in [0.15, 0.2) is 0 Å².